The summed E-state index contributed by atoms with van der Waals surface area (Å²) < 4.78 is 5.30. The molecule has 0 atom stereocenters. The lowest BCUT2D eigenvalue weighted by atomic mass is 10.1. The Labute approximate surface area is 156 Å². The van der Waals surface area contributed by atoms with E-state index < -0.39 is 0 Å². The molecule has 1 fully saturated rings. The number of aromatic nitrogens is 2. The van der Waals surface area contributed by atoms with Crippen LogP contribution in [0.3, 0.4) is 0 Å². The number of fused-ring (bicyclic) bond motifs is 1. The van der Waals surface area contributed by atoms with Crippen LogP contribution in [-0.2, 0) is 11.2 Å². The molecule has 1 saturated heterocycles. The Balaban J connectivity index is 1.38. The average molecular weight is 364 g/mol. The Morgan fingerprint density at radius 1 is 1.07 bits per heavy atom. The summed E-state index contributed by atoms with van der Waals surface area (Å²) in [5.41, 5.74) is 2.95. The summed E-state index contributed by atoms with van der Waals surface area (Å²) in [7, 11) is 0. The third kappa shape index (κ3) is 3.81. The third-order valence-electron chi connectivity index (χ3n) is 4.80. The first kappa shape index (κ1) is 17.2. The van der Waals surface area contributed by atoms with Crippen LogP contribution >= 0.6 is 0 Å². The van der Waals surface area contributed by atoms with Gasteiger partial charge in [0.15, 0.2) is 12.0 Å². The van der Waals surface area contributed by atoms with Gasteiger partial charge < -0.3 is 14.2 Å². The van der Waals surface area contributed by atoms with Crippen LogP contribution in [0.25, 0.3) is 11.1 Å². The molecule has 0 unspecified atom stereocenters. The number of amides is 2. The van der Waals surface area contributed by atoms with Gasteiger partial charge in [-0.15, -0.1) is 0 Å². The van der Waals surface area contributed by atoms with E-state index in [2.05, 4.69) is 9.97 Å². The van der Waals surface area contributed by atoms with E-state index >= 15 is 0 Å². The van der Waals surface area contributed by atoms with Gasteiger partial charge in [-0.3, -0.25) is 14.6 Å². The molecule has 0 bridgehead atoms. The van der Waals surface area contributed by atoms with Crippen molar-refractivity contribution in [3.8, 4) is 0 Å². The van der Waals surface area contributed by atoms with Crippen LogP contribution in [0.15, 0.2) is 53.5 Å². The first-order chi connectivity index (χ1) is 13.2. The maximum Gasteiger partial charge on any atom is 0.255 e. The fourth-order valence-corrected chi connectivity index (χ4v) is 3.34. The Morgan fingerprint density at radius 3 is 2.78 bits per heavy atom. The zero-order valence-electron chi connectivity index (χ0n) is 14.9. The predicted octanol–water partition coefficient (Wildman–Crippen LogP) is 2.14. The minimum atomic E-state index is -0.0341. The Bertz CT molecular complexity index is 954. The standard InChI is InChI=1S/C20H20N4O3/c25-19(12-15-4-5-17-18(11-15)27-14-22-17)23-7-2-8-24(10-9-23)20(26)16-3-1-6-21-13-16/h1,3-6,11,13-14H,2,7-10,12H2. The number of pyridine rings is 1. The summed E-state index contributed by atoms with van der Waals surface area (Å²) in [6.07, 6.45) is 5.70. The van der Waals surface area contributed by atoms with Gasteiger partial charge in [-0.05, 0) is 36.2 Å². The minimum absolute atomic E-state index is 0.0341. The molecule has 7 heteroatoms. The van der Waals surface area contributed by atoms with E-state index in [0.717, 1.165) is 17.5 Å². The molecule has 3 heterocycles. The SMILES string of the molecule is O=C(Cc1ccc2ncoc2c1)N1CCCN(C(=O)c2cccnc2)CC1. The van der Waals surface area contributed by atoms with Gasteiger partial charge in [-0.1, -0.05) is 6.07 Å². The van der Waals surface area contributed by atoms with E-state index in [9.17, 15) is 9.59 Å². The average Bonchev–Trinajstić information content (AvgIpc) is 3.02. The molecule has 0 radical (unpaired) electrons. The highest BCUT2D eigenvalue weighted by molar-refractivity contribution is 5.94. The lowest BCUT2D eigenvalue weighted by Gasteiger charge is -2.22. The van der Waals surface area contributed by atoms with Gasteiger partial charge in [-0.2, -0.15) is 0 Å². The maximum absolute atomic E-state index is 12.7. The molecule has 2 amide bonds. The summed E-state index contributed by atoms with van der Waals surface area (Å²) in [5.74, 6) is 0.0257. The van der Waals surface area contributed by atoms with Crippen molar-refractivity contribution in [2.24, 2.45) is 0 Å². The van der Waals surface area contributed by atoms with Crippen LogP contribution in [0.2, 0.25) is 0 Å². The first-order valence-electron chi connectivity index (χ1n) is 9.00. The molecule has 2 aromatic heterocycles. The van der Waals surface area contributed by atoms with Gasteiger partial charge in [0.25, 0.3) is 5.91 Å². The fourth-order valence-electron chi connectivity index (χ4n) is 3.34. The van der Waals surface area contributed by atoms with Gasteiger partial charge in [-0.25, -0.2) is 4.98 Å². The van der Waals surface area contributed by atoms with Gasteiger partial charge in [0, 0.05) is 38.6 Å². The number of benzene rings is 1. The van der Waals surface area contributed by atoms with Gasteiger partial charge in [0.1, 0.15) is 5.52 Å². The number of oxazole rings is 1. The molecule has 138 valence electrons. The van der Waals surface area contributed by atoms with Crippen LogP contribution in [0.4, 0.5) is 0 Å². The second-order valence-electron chi connectivity index (χ2n) is 6.60. The summed E-state index contributed by atoms with van der Waals surface area (Å²) >= 11 is 0. The molecule has 3 aromatic rings. The van der Waals surface area contributed by atoms with Crippen LogP contribution in [-0.4, -0.2) is 57.8 Å². The van der Waals surface area contributed by atoms with Crippen LogP contribution in [0.5, 0.6) is 0 Å². The van der Waals surface area contributed by atoms with E-state index in [1.807, 2.05) is 23.1 Å². The number of rotatable bonds is 3. The zero-order valence-corrected chi connectivity index (χ0v) is 14.9. The second kappa shape index (κ2) is 7.57. The van der Waals surface area contributed by atoms with Crippen LogP contribution < -0.4 is 0 Å². The minimum Gasteiger partial charge on any atom is -0.443 e. The number of nitrogens with zero attached hydrogens (tertiary/aromatic N) is 4. The predicted molar refractivity (Wildman–Crippen MR) is 99.1 cm³/mol. The number of hydrogen-bond acceptors (Lipinski definition) is 5. The van der Waals surface area contributed by atoms with Crippen molar-refractivity contribution in [2.45, 2.75) is 12.8 Å². The first-order valence-corrected chi connectivity index (χ1v) is 9.00. The number of hydrogen-bond donors (Lipinski definition) is 0. The molecule has 0 aliphatic carbocycles. The molecule has 1 aliphatic heterocycles. The van der Waals surface area contributed by atoms with E-state index in [0.29, 0.717) is 43.7 Å². The highest BCUT2D eigenvalue weighted by Crippen LogP contribution is 2.16. The van der Waals surface area contributed by atoms with Crippen molar-refractivity contribution in [3.05, 3.63) is 60.2 Å². The highest BCUT2D eigenvalue weighted by atomic mass is 16.3. The summed E-state index contributed by atoms with van der Waals surface area (Å²) in [5, 5.41) is 0. The van der Waals surface area contributed by atoms with Crippen molar-refractivity contribution < 1.29 is 14.0 Å². The molecule has 0 saturated carbocycles. The van der Waals surface area contributed by atoms with Gasteiger partial charge in [0.05, 0.1) is 12.0 Å². The van der Waals surface area contributed by atoms with Crippen LogP contribution in [0, 0.1) is 0 Å². The van der Waals surface area contributed by atoms with Crippen molar-refractivity contribution >= 4 is 22.9 Å². The van der Waals surface area contributed by atoms with Crippen molar-refractivity contribution in [1.29, 1.82) is 0 Å². The molecule has 0 N–H and O–H groups in total. The Kier molecular flexibility index (Phi) is 4.82. The smallest absolute Gasteiger partial charge is 0.255 e. The van der Waals surface area contributed by atoms with Gasteiger partial charge >= 0.3 is 0 Å². The van der Waals surface area contributed by atoms with E-state index in [4.69, 9.17) is 4.42 Å². The fraction of sp³-hybridized carbons (Fsp3) is 0.300. The molecule has 7 nitrogen and oxygen atoms in total. The third-order valence-corrected chi connectivity index (χ3v) is 4.80. The molecular formula is C20H20N4O3. The Morgan fingerprint density at radius 2 is 1.93 bits per heavy atom. The van der Waals surface area contributed by atoms with Crippen LogP contribution in [0.1, 0.15) is 22.3 Å². The van der Waals surface area contributed by atoms with E-state index in [1.54, 1.807) is 29.4 Å². The molecule has 4 rings (SSSR count). The quantitative estimate of drug-likeness (QED) is 0.711. The lowest BCUT2D eigenvalue weighted by Crippen LogP contribution is -2.38. The molecule has 0 spiro atoms. The zero-order chi connectivity index (χ0) is 18.6. The topological polar surface area (TPSA) is 79.5 Å². The summed E-state index contributed by atoms with van der Waals surface area (Å²) in [6.45, 7) is 2.36. The monoisotopic (exact) mass is 364 g/mol. The van der Waals surface area contributed by atoms with E-state index in [-0.39, 0.29) is 11.8 Å². The molecule has 1 aromatic carbocycles. The summed E-state index contributed by atoms with van der Waals surface area (Å²) in [6, 6.07) is 9.14. The largest absolute Gasteiger partial charge is 0.443 e. The lowest BCUT2D eigenvalue weighted by molar-refractivity contribution is -0.130. The van der Waals surface area contributed by atoms with Crippen molar-refractivity contribution in [2.75, 3.05) is 26.2 Å². The van der Waals surface area contributed by atoms with Gasteiger partial charge in [0.2, 0.25) is 5.91 Å². The maximum atomic E-state index is 12.7. The molecular weight excluding hydrogens is 344 g/mol. The molecule has 1 aliphatic rings. The normalized spacial score (nSPS) is 15.0. The van der Waals surface area contributed by atoms with Crippen molar-refractivity contribution in [1.82, 2.24) is 19.8 Å². The Hall–Kier alpha value is -3.22. The highest BCUT2D eigenvalue weighted by Gasteiger charge is 2.23. The van der Waals surface area contributed by atoms with Crippen molar-refractivity contribution in [3.63, 3.8) is 0 Å². The number of carbonyl (C=O) groups excluding carboxylic acids is 2. The van der Waals surface area contributed by atoms with E-state index in [1.165, 1.54) is 6.39 Å². The summed E-state index contributed by atoms with van der Waals surface area (Å²) in [4.78, 5) is 37.0. The second-order valence-corrected chi connectivity index (χ2v) is 6.60. The molecule has 27 heavy (non-hydrogen) atoms. The number of carbonyl (C=O) groups is 2.